The van der Waals surface area contributed by atoms with Gasteiger partial charge in [-0.25, -0.2) is 4.79 Å². The number of ether oxygens (including phenoxy) is 1. The fourth-order valence-electron chi connectivity index (χ4n) is 3.07. The number of hydrogen-bond acceptors (Lipinski definition) is 5. The third-order valence-corrected chi connectivity index (χ3v) is 6.08. The van der Waals surface area contributed by atoms with Gasteiger partial charge in [0.1, 0.15) is 6.04 Å². The topological polar surface area (TPSA) is 66.8 Å². The number of carbonyl (C=O) groups excluding carboxylic acids is 1. The molecule has 2 heterocycles. The van der Waals surface area contributed by atoms with Gasteiger partial charge in [-0.15, -0.1) is 11.3 Å². The second-order valence-corrected chi connectivity index (χ2v) is 7.86. The Labute approximate surface area is 166 Å². The minimum Gasteiger partial charge on any atom is -0.480 e. The van der Waals surface area contributed by atoms with Crippen LogP contribution >= 0.6 is 22.9 Å². The van der Waals surface area contributed by atoms with Gasteiger partial charge < -0.3 is 9.84 Å². The first-order chi connectivity index (χ1) is 12.9. The summed E-state index contributed by atoms with van der Waals surface area (Å²) in [5.74, 6) is -1.30. The molecule has 0 bridgehead atoms. The van der Waals surface area contributed by atoms with Crippen LogP contribution < -0.4 is 4.74 Å². The van der Waals surface area contributed by atoms with Gasteiger partial charge in [0, 0.05) is 28.6 Å². The highest BCUT2D eigenvalue weighted by Crippen LogP contribution is 2.37. The van der Waals surface area contributed by atoms with E-state index in [2.05, 4.69) is 0 Å². The maximum atomic E-state index is 12.0. The minimum absolute atomic E-state index is 0.368. The van der Waals surface area contributed by atoms with E-state index in [-0.39, 0.29) is 5.97 Å². The molecule has 0 saturated carbocycles. The van der Waals surface area contributed by atoms with Crippen LogP contribution in [0.2, 0.25) is 5.02 Å². The average molecular weight is 406 g/mol. The number of esters is 1. The predicted octanol–water partition coefficient (Wildman–Crippen LogP) is 4.46. The fraction of sp³-hybridized carbons (Fsp3) is 0.300. The molecule has 0 aliphatic carbocycles. The van der Waals surface area contributed by atoms with Crippen molar-refractivity contribution in [2.45, 2.75) is 32.9 Å². The standard InChI is InChI=1S/C20H20ClNO4S/c1-3-12(2)20(25)26-17-10-13-11-22(9-8-16(13)27-17)18(19(23)24)14-6-4-5-7-15(14)21/h3-7,10,18H,8-9,11H2,1-2H3,(H,23,24)/b12-3+/t18-/m0/s1. The Hall–Kier alpha value is -2.15. The normalized spacial score (nSPS) is 15.9. The summed E-state index contributed by atoms with van der Waals surface area (Å²) >= 11 is 7.68. The molecule has 0 amide bonds. The van der Waals surface area contributed by atoms with Gasteiger partial charge in [0.2, 0.25) is 0 Å². The van der Waals surface area contributed by atoms with Crippen molar-refractivity contribution in [2.24, 2.45) is 0 Å². The van der Waals surface area contributed by atoms with Crippen LogP contribution in [0.4, 0.5) is 0 Å². The van der Waals surface area contributed by atoms with Crippen molar-refractivity contribution < 1.29 is 19.4 Å². The molecule has 0 unspecified atom stereocenters. The Morgan fingerprint density at radius 1 is 1.37 bits per heavy atom. The molecule has 1 aliphatic heterocycles. The molecule has 1 aromatic carbocycles. The molecule has 0 fully saturated rings. The van der Waals surface area contributed by atoms with Crippen molar-refractivity contribution in [3.05, 3.63) is 63.0 Å². The number of thiophene rings is 1. The molecular formula is C20H20ClNO4S. The number of fused-ring (bicyclic) bond motifs is 1. The Kier molecular flexibility index (Phi) is 5.99. The molecule has 3 rings (SSSR count). The summed E-state index contributed by atoms with van der Waals surface area (Å²) in [6.45, 7) is 4.55. The van der Waals surface area contributed by atoms with Gasteiger partial charge in [-0.2, -0.15) is 0 Å². The zero-order valence-corrected chi connectivity index (χ0v) is 16.6. The largest absolute Gasteiger partial charge is 0.480 e. The van der Waals surface area contributed by atoms with Crippen molar-refractivity contribution in [2.75, 3.05) is 6.54 Å². The number of carbonyl (C=O) groups is 2. The molecule has 142 valence electrons. The first-order valence-corrected chi connectivity index (χ1v) is 9.78. The van der Waals surface area contributed by atoms with Gasteiger partial charge in [0.05, 0.1) is 0 Å². The van der Waals surface area contributed by atoms with E-state index in [0.29, 0.717) is 40.7 Å². The number of allylic oxidation sites excluding steroid dienone is 1. The van der Waals surface area contributed by atoms with Crippen LogP contribution in [0.1, 0.15) is 35.9 Å². The van der Waals surface area contributed by atoms with Crippen molar-refractivity contribution in [1.29, 1.82) is 0 Å². The summed E-state index contributed by atoms with van der Waals surface area (Å²) in [5, 5.41) is 10.8. The molecule has 0 spiro atoms. The molecule has 2 aromatic rings. The van der Waals surface area contributed by atoms with Crippen molar-refractivity contribution in [1.82, 2.24) is 4.90 Å². The quantitative estimate of drug-likeness (QED) is 0.587. The summed E-state index contributed by atoms with van der Waals surface area (Å²) in [5.41, 5.74) is 2.12. The first-order valence-electron chi connectivity index (χ1n) is 8.58. The van der Waals surface area contributed by atoms with Gasteiger partial charge in [-0.05, 0) is 43.5 Å². The van der Waals surface area contributed by atoms with Crippen LogP contribution in [-0.2, 0) is 22.6 Å². The Balaban J connectivity index is 1.82. The molecule has 7 heteroatoms. The molecule has 5 nitrogen and oxygen atoms in total. The van der Waals surface area contributed by atoms with E-state index < -0.39 is 12.0 Å². The zero-order chi connectivity index (χ0) is 19.6. The smallest absolute Gasteiger partial charge is 0.339 e. The van der Waals surface area contributed by atoms with Crippen LogP contribution in [-0.4, -0.2) is 28.5 Å². The summed E-state index contributed by atoms with van der Waals surface area (Å²) in [6.07, 6.45) is 2.41. The number of aliphatic carboxylic acids is 1. The number of hydrogen-bond donors (Lipinski definition) is 1. The molecule has 27 heavy (non-hydrogen) atoms. The lowest BCUT2D eigenvalue weighted by molar-refractivity contribution is -0.144. The highest BCUT2D eigenvalue weighted by molar-refractivity contribution is 7.14. The summed E-state index contributed by atoms with van der Waals surface area (Å²) in [6, 6.07) is 8.04. The highest BCUT2D eigenvalue weighted by Gasteiger charge is 2.32. The number of rotatable bonds is 5. The van der Waals surface area contributed by atoms with Crippen LogP contribution in [0.3, 0.4) is 0 Å². The van der Waals surface area contributed by atoms with E-state index in [0.717, 1.165) is 10.4 Å². The second-order valence-electron chi connectivity index (χ2n) is 6.36. The monoisotopic (exact) mass is 405 g/mol. The molecule has 0 saturated heterocycles. The van der Waals surface area contributed by atoms with Gasteiger partial charge in [0.25, 0.3) is 0 Å². The van der Waals surface area contributed by atoms with E-state index in [9.17, 15) is 14.7 Å². The minimum atomic E-state index is -0.933. The molecule has 1 aliphatic rings. The van der Waals surface area contributed by atoms with Gasteiger partial charge in [0.15, 0.2) is 5.06 Å². The lowest BCUT2D eigenvalue weighted by Crippen LogP contribution is -2.37. The lowest BCUT2D eigenvalue weighted by Gasteiger charge is -2.32. The first kappa shape index (κ1) is 19.6. The van der Waals surface area contributed by atoms with Gasteiger partial charge in [-0.1, -0.05) is 35.9 Å². The van der Waals surface area contributed by atoms with Crippen LogP contribution in [0.25, 0.3) is 0 Å². The maximum Gasteiger partial charge on any atom is 0.339 e. The second kappa shape index (κ2) is 8.25. The van der Waals surface area contributed by atoms with Gasteiger partial charge in [-0.3, -0.25) is 9.69 Å². The Bertz CT molecular complexity index is 905. The third kappa shape index (κ3) is 4.24. The number of nitrogens with zero attached hydrogens (tertiary/aromatic N) is 1. The molecule has 1 N–H and O–H groups in total. The van der Waals surface area contributed by atoms with Gasteiger partial charge >= 0.3 is 11.9 Å². The van der Waals surface area contributed by atoms with Crippen LogP contribution in [0.15, 0.2) is 42.0 Å². The predicted molar refractivity (Wildman–Crippen MR) is 105 cm³/mol. The molecule has 1 atom stereocenters. The highest BCUT2D eigenvalue weighted by atomic mass is 35.5. The Morgan fingerprint density at radius 2 is 2.11 bits per heavy atom. The SMILES string of the molecule is C/C=C(\C)C(=O)Oc1cc2c(s1)CCN([C@H](C(=O)O)c1ccccc1Cl)C2. The lowest BCUT2D eigenvalue weighted by atomic mass is 10.0. The number of carboxylic acid groups (broad SMARTS) is 1. The molecule has 0 radical (unpaired) electrons. The zero-order valence-electron chi connectivity index (χ0n) is 15.1. The van der Waals surface area contributed by atoms with E-state index in [1.165, 1.54) is 11.3 Å². The number of carboxylic acids is 1. The average Bonchev–Trinajstić information content (AvgIpc) is 3.04. The van der Waals surface area contributed by atoms with E-state index >= 15 is 0 Å². The number of benzene rings is 1. The molecule has 1 aromatic heterocycles. The third-order valence-electron chi connectivity index (χ3n) is 4.62. The van der Waals surface area contributed by atoms with Crippen molar-refractivity contribution in [3.63, 3.8) is 0 Å². The maximum absolute atomic E-state index is 12.0. The summed E-state index contributed by atoms with van der Waals surface area (Å²) < 4.78 is 5.42. The number of halogens is 1. The Morgan fingerprint density at radius 3 is 2.78 bits per heavy atom. The fourth-order valence-corrected chi connectivity index (χ4v) is 4.32. The van der Waals surface area contributed by atoms with Crippen LogP contribution in [0.5, 0.6) is 5.06 Å². The van der Waals surface area contributed by atoms with Crippen molar-refractivity contribution >= 4 is 34.9 Å². The molecular weight excluding hydrogens is 386 g/mol. The van der Waals surface area contributed by atoms with Crippen molar-refractivity contribution in [3.8, 4) is 5.06 Å². The van der Waals surface area contributed by atoms with E-state index in [4.69, 9.17) is 16.3 Å². The summed E-state index contributed by atoms with van der Waals surface area (Å²) in [4.78, 5) is 26.9. The van der Waals surface area contributed by atoms with E-state index in [1.807, 2.05) is 11.0 Å². The van der Waals surface area contributed by atoms with E-state index in [1.54, 1.807) is 44.2 Å². The van der Waals surface area contributed by atoms with Crippen LogP contribution in [0, 0.1) is 0 Å². The summed E-state index contributed by atoms with van der Waals surface area (Å²) in [7, 11) is 0.